The van der Waals surface area contributed by atoms with Crippen molar-refractivity contribution in [2.24, 2.45) is 0 Å². The second-order valence-electron chi connectivity index (χ2n) is 3.92. The number of nitrogens with zero attached hydrogens (tertiary/aromatic N) is 1. The molecule has 1 aromatic rings. The van der Waals surface area contributed by atoms with E-state index in [-0.39, 0.29) is 24.8 Å². The van der Waals surface area contributed by atoms with Crippen molar-refractivity contribution in [1.82, 2.24) is 10.3 Å². The lowest BCUT2D eigenvalue weighted by Gasteiger charge is -2.12. The SMILES string of the molecule is CC(C)Oc1cccnc1C(=O)NCCC(=O)O. The Morgan fingerprint density at radius 2 is 2.22 bits per heavy atom. The first kappa shape index (κ1) is 14.0. The highest BCUT2D eigenvalue weighted by molar-refractivity contribution is 5.95. The first-order chi connectivity index (χ1) is 8.50. The number of aromatic nitrogens is 1. The van der Waals surface area contributed by atoms with E-state index in [1.807, 2.05) is 13.8 Å². The third-order valence-electron chi connectivity index (χ3n) is 1.97. The standard InChI is InChI=1S/C12H16N2O4/c1-8(2)18-9-4-3-6-13-11(9)12(17)14-7-5-10(15)16/h3-4,6,8H,5,7H2,1-2H3,(H,14,17)(H,15,16). The van der Waals surface area contributed by atoms with Gasteiger partial charge in [0.2, 0.25) is 0 Å². The predicted molar refractivity (Wildman–Crippen MR) is 64.6 cm³/mol. The van der Waals surface area contributed by atoms with Gasteiger partial charge in [-0.3, -0.25) is 9.59 Å². The Morgan fingerprint density at radius 3 is 2.83 bits per heavy atom. The van der Waals surface area contributed by atoms with Gasteiger partial charge in [-0.2, -0.15) is 0 Å². The number of carboxylic acid groups (broad SMARTS) is 1. The Hall–Kier alpha value is -2.11. The molecular weight excluding hydrogens is 236 g/mol. The summed E-state index contributed by atoms with van der Waals surface area (Å²) in [5.41, 5.74) is 0.164. The van der Waals surface area contributed by atoms with Gasteiger partial charge in [-0.15, -0.1) is 0 Å². The van der Waals surface area contributed by atoms with Crippen molar-refractivity contribution in [3.05, 3.63) is 24.0 Å². The minimum absolute atomic E-state index is 0.0614. The van der Waals surface area contributed by atoms with E-state index in [1.54, 1.807) is 12.1 Å². The van der Waals surface area contributed by atoms with Crippen molar-refractivity contribution < 1.29 is 19.4 Å². The lowest BCUT2D eigenvalue weighted by molar-refractivity contribution is -0.136. The Labute approximate surface area is 105 Å². The van der Waals surface area contributed by atoms with Crippen LogP contribution in [-0.2, 0) is 4.79 Å². The second-order valence-corrected chi connectivity index (χ2v) is 3.92. The van der Waals surface area contributed by atoms with Crippen LogP contribution in [0, 0.1) is 0 Å². The van der Waals surface area contributed by atoms with Crippen LogP contribution in [0.5, 0.6) is 5.75 Å². The quantitative estimate of drug-likeness (QED) is 0.790. The van der Waals surface area contributed by atoms with Crippen LogP contribution in [0.1, 0.15) is 30.8 Å². The zero-order chi connectivity index (χ0) is 13.5. The molecule has 0 saturated heterocycles. The molecule has 6 heteroatoms. The highest BCUT2D eigenvalue weighted by Crippen LogP contribution is 2.16. The first-order valence-corrected chi connectivity index (χ1v) is 5.62. The van der Waals surface area contributed by atoms with Crippen LogP contribution < -0.4 is 10.1 Å². The average molecular weight is 252 g/mol. The van der Waals surface area contributed by atoms with E-state index in [0.717, 1.165) is 0 Å². The summed E-state index contributed by atoms with van der Waals surface area (Å²) in [6.07, 6.45) is 1.29. The zero-order valence-electron chi connectivity index (χ0n) is 10.3. The molecule has 1 amide bonds. The van der Waals surface area contributed by atoms with Crippen LogP contribution in [0.25, 0.3) is 0 Å². The maximum atomic E-state index is 11.8. The van der Waals surface area contributed by atoms with E-state index >= 15 is 0 Å². The van der Waals surface area contributed by atoms with Crippen LogP contribution in [0.2, 0.25) is 0 Å². The van der Waals surface area contributed by atoms with Gasteiger partial charge in [-0.1, -0.05) is 0 Å². The van der Waals surface area contributed by atoms with E-state index in [9.17, 15) is 9.59 Å². The number of aliphatic carboxylic acids is 1. The number of pyridine rings is 1. The third kappa shape index (κ3) is 4.40. The maximum Gasteiger partial charge on any atom is 0.305 e. The van der Waals surface area contributed by atoms with Gasteiger partial charge in [0.1, 0.15) is 0 Å². The largest absolute Gasteiger partial charge is 0.489 e. The Kier molecular flexibility index (Phi) is 5.10. The summed E-state index contributed by atoms with van der Waals surface area (Å²) in [6, 6.07) is 3.32. The smallest absolute Gasteiger partial charge is 0.305 e. The fourth-order valence-corrected chi connectivity index (χ4v) is 1.28. The number of carboxylic acids is 1. The van der Waals surface area contributed by atoms with Crippen molar-refractivity contribution in [3.63, 3.8) is 0 Å². The normalized spacial score (nSPS) is 10.2. The van der Waals surface area contributed by atoms with E-state index in [1.165, 1.54) is 6.20 Å². The number of carbonyl (C=O) groups excluding carboxylic acids is 1. The van der Waals surface area contributed by atoms with Crippen LogP contribution in [0.15, 0.2) is 18.3 Å². The molecule has 0 aliphatic carbocycles. The van der Waals surface area contributed by atoms with Crippen molar-refractivity contribution in [3.8, 4) is 5.75 Å². The molecule has 0 aliphatic heterocycles. The lowest BCUT2D eigenvalue weighted by atomic mass is 10.3. The molecule has 6 nitrogen and oxygen atoms in total. The molecule has 1 rings (SSSR count). The maximum absolute atomic E-state index is 11.8. The molecule has 18 heavy (non-hydrogen) atoms. The van der Waals surface area contributed by atoms with Crippen molar-refractivity contribution >= 4 is 11.9 Å². The lowest BCUT2D eigenvalue weighted by Crippen LogP contribution is -2.27. The van der Waals surface area contributed by atoms with Crippen LogP contribution in [-0.4, -0.2) is 34.6 Å². The summed E-state index contributed by atoms with van der Waals surface area (Å²) in [6.45, 7) is 3.75. The van der Waals surface area contributed by atoms with E-state index in [2.05, 4.69) is 10.3 Å². The highest BCUT2D eigenvalue weighted by Gasteiger charge is 2.14. The average Bonchev–Trinajstić information content (AvgIpc) is 2.28. The summed E-state index contributed by atoms with van der Waals surface area (Å²) < 4.78 is 5.45. The Bertz CT molecular complexity index is 432. The molecule has 2 N–H and O–H groups in total. The minimum atomic E-state index is -0.963. The summed E-state index contributed by atoms with van der Waals surface area (Å²) in [7, 11) is 0. The molecule has 98 valence electrons. The monoisotopic (exact) mass is 252 g/mol. The van der Waals surface area contributed by atoms with E-state index < -0.39 is 11.9 Å². The zero-order valence-corrected chi connectivity index (χ0v) is 10.3. The molecular formula is C12H16N2O4. The van der Waals surface area contributed by atoms with Gasteiger partial charge >= 0.3 is 5.97 Å². The van der Waals surface area contributed by atoms with Gasteiger partial charge in [0, 0.05) is 12.7 Å². The number of amides is 1. The third-order valence-corrected chi connectivity index (χ3v) is 1.97. The Morgan fingerprint density at radius 1 is 1.50 bits per heavy atom. The number of carbonyl (C=O) groups is 2. The molecule has 0 fully saturated rings. The van der Waals surface area contributed by atoms with E-state index in [4.69, 9.17) is 9.84 Å². The number of nitrogens with one attached hydrogen (secondary N) is 1. The fourth-order valence-electron chi connectivity index (χ4n) is 1.28. The van der Waals surface area contributed by atoms with E-state index in [0.29, 0.717) is 5.75 Å². The molecule has 0 aliphatic rings. The molecule has 0 bridgehead atoms. The predicted octanol–water partition coefficient (Wildman–Crippen LogP) is 1.07. The molecule has 0 atom stereocenters. The molecule has 0 unspecified atom stereocenters. The first-order valence-electron chi connectivity index (χ1n) is 5.62. The molecule has 0 aromatic carbocycles. The van der Waals surface area contributed by atoms with Gasteiger partial charge in [0.15, 0.2) is 11.4 Å². The van der Waals surface area contributed by atoms with Crippen molar-refractivity contribution in [2.75, 3.05) is 6.54 Å². The Balaban J connectivity index is 2.69. The molecule has 0 saturated carbocycles. The molecule has 1 aromatic heterocycles. The molecule has 0 radical (unpaired) electrons. The number of rotatable bonds is 6. The summed E-state index contributed by atoms with van der Waals surface area (Å²) >= 11 is 0. The van der Waals surface area contributed by atoms with Gasteiger partial charge in [0.05, 0.1) is 12.5 Å². The minimum Gasteiger partial charge on any atom is -0.489 e. The van der Waals surface area contributed by atoms with Gasteiger partial charge < -0.3 is 15.2 Å². The van der Waals surface area contributed by atoms with Crippen LogP contribution in [0.4, 0.5) is 0 Å². The van der Waals surface area contributed by atoms with Crippen molar-refractivity contribution in [1.29, 1.82) is 0 Å². The molecule has 1 heterocycles. The van der Waals surface area contributed by atoms with Crippen LogP contribution >= 0.6 is 0 Å². The van der Waals surface area contributed by atoms with Gasteiger partial charge in [-0.25, -0.2) is 4.98 Å². The topological polar surface area (TPSA) is 88.5 Å². The number of ether oxygens (including phenoxy) is 1. The van der Waals surface area contributed by atoms with Crippen molar-refractivity contribution in [2.45, 2.75) is 26.4 Å². The molecule has 0 spiro atoms. The summed E-state index contributed by atoms with van der Waals surface area (Å²) in [5, 5.41) is 11.0. The van der Waals surface area contributed by atoms with Gasteiger partial charge in [0.25, 0.3) is 5.91 Å². The van der Waals surface area contributed by atoms with Crippen LogP contribution in [0.3, 0.4) is 0 Å². The second kappa shape index (κ2) is 6.58. The highest BCUT2D eigenvalue weighted by atomic mass is 16.5. The summed E-state index contributed by atoms with van der Waals surface area (Å²) in [5.74, 6) is -1.01. The fraction of sp³-hybridized carbons (Fsp3) is 0.417. The summed E-state index contributed by atoms with van der Waals surface area (Å²) in [4.78, 5) is 26.1. The number of hydrogen-bond acceptors (Lipinski definition) is 4. The van der Waals surface area contributed by atoms with Gasteiger partial charge in [-0.05, 0) is 26.0 Å². The number of hydrogen-bond donors (Lipinski definition) is 2.